The normalized spacial score (nSPS) is 15.5. The zero-order valence-corrected chi connectivity index (χ0v) is 33.2. The molecule has 1 aromatic heterocycles. The number of nitrogens with zero attached hydrogens (tertiary/aromatic N) is 4. The Hall–Kier alpha value is -6.06. The van der Waals surface area contributed by atoms with Crippen LogP contribution in [0.2, 0.25) is 5.02 Å². The number of ether oxygens (including phenoxy) is 1. The maximum Gasteiger partial charge on any atom is 0.422 e. The van der Waals surface area contributed by atoms with Gasteiger partial charge in [0, 0.05) is 41.6 Å². The van der Waals surface area contributed by atoms with E-state index in [0.29, 0.717) is 36.6 Å². The van der Waals surface area contributed by atoms with Gasteiger partial charge in [0.2, 0.25) is 21.9 Å². The van der Waals surface area contributed by atoms with Crippen LogP contribution < -0.4 is 31.3 Å². The van der Waals surface area contributed by atoms with Crippen LogP contribution in [0.1, 0.15) is 54.4 Å². The number of amides is 3. The third-order valence-electron chi connectivity index (χ3n) is 9.45. The average molecular weight is 874 g/mol. The predicted molar refractivity (Wildman–Crippen MR) is 211 cm³/mol. The molecule has 6 N–H and O–H groups in total. The summed E-state index contributed by atoms with van der Waals surface area (Å²) in [5.41, 5.74) is 0.689. The number of carboxylic acid groups (broad SMARTS) is 1. The quantitative estimate of drug-likeness (QED) is 0.0831. The molecule has 1 saturated heterocycles. The molecule has 0 spiro atoms. The van der Waals surface area contributed by atoms with E-state index in [1.807, 2.05) is 12.1 Å². The van der Waals surface area contributed by atoms with Crippen LogP contribution in [0.3, 0.4) is 0 Å². The zero-order chi connectivity index (χ0) is 43.1. The smallest absolute Gasteiger partial charge is 0.422 e. The van der Waals surface area contributed by atoms with E-state index in [9.17, 15) is 45.9 Å². The van der Waals surface area contributed by atoms with Crippen LogP contribution in [0, 0.1) is 0 Å². The minimum Gasteiger partial charge on any atom is -0.480 e. The first kappa shape index (κ1) is 43.5. The van der Waals surface area contributed by atoms with Crippen LogP contribution in [-0.4, -0.2) is 94.9 Å². The van der Waals surface area contributed by atoms with E-state index < -0.39 is 64.1 Å². The summed E-state index contributed by atoms with van der Waals surface area (Å²) in [6.45, 7) is -1.20. The number of hydrogen-bond acceptors (Lipinski definition) is 12. The standard InChI is InChI=1S/C38H39ClF3N9O8S/c39-25-11-9-24(10-12-25)37(16-17-37)50-35-47-34(48-36(49-35)59-22-38(40,41)42)45-26-13-7-23(8-14-26)30(52)46-29(33(55)56)15-18-43-31(53)32(54)44-27-5-4-6-28(21-27)60(57,58)51-19-2-1-3-20-51/h4-14,21,29H,1-3,15-20,22H2,(H,43,53)(H,44,54)(H,46,52)(H,55,56)(H2,45,47,48,49,50)/t29-/m0/s1. The fourth-order valence-electron chi connectivity index (χ4n) is 6.19. The van der Waals surface area contributed by atoms with Gasteiger partial charge >= 0.3 is 30.0 Å². The molecule has 2 heterocycles. The van der Waals surface area contributed by atoms with E-state index in [-0.39, 0.29) is 41.0 Å². The molecule has 0 radical (unpaired) electrons. The number of anilines is 4. The number of alkyl halides is 3. The Labute approximate surface area is 346 Å². The second kappa shape index (κ2) is 18.5. The van der Waals surface area contributed by atoms with Gasteiger partial charge in [0.05, 0.1) is 10.4 Å². The molecule has 6 rings (SSSR count). The second-order valence-corrected chi connectivity index (χ2v) is 16.3. The van der Waals surface area contributed by atoms with E-state index in [0.717, 1.165) is 24.8 Å². The Kier molecular flexibility index (Phi) is 13.4. The number of carbonyl (C=O) groups is 4. The lowest BCUT2D eigenvalue weighted by atomic mass is 10.1. The molecule has 2 aliphatic rings. The van der Waals surface area contributed by atoms with Crippen LogP contribution in [0.4, 0.5) is 36.4 Å². The summed E-state index contributed by atoms with van der Waals surface area (Å²) in [7, 11) is -3.80. The first-order valence-corrected chi connectivity index (χ1v) is 20.4. The van der Waals surface area contributed by atoms with Crippen molar-refractivity contribution in [2.75, 3.05) is 42.2 Å². The summed E-state index contributed by atoms with van der Waals surface area (Å²) in [6, 6.07) is 16.0. The van der Waals surface area contributed by atoms with Gasteiger partial charge in [0.25, 0.3) is 5.91 Å². The Balaban J connectivity index is 1.03. The van der Waals surface area contributed by atoms with Gasteiger partial charge in [0.1, 0.15) is 6.04 Å². The number of rotatable bonds is 16. The SMILES string of the molecule is O=C(NCC[C@H](NC(=O)c1ccc(Nc2nc(NC3(c4ccc(Cl)cc4)CC3)nc(OCC(F)(F)F)n2)cc1)C(=O)O)C(=O)Nc1cccc(S(=O)(=O)N2CCCCC2)c1. The third-order valence-corrected chi connectivity index (χ3v) is 11.6. The Morgan fingerprint density at radius 2 is 1.57 bits per heavy atom. The Morgan fingerprint density at radius 3 is 2.22 bits per heavy atom. The minimum atomic E-state index is -4.66. The summed E-state index contributed by atoms with van der Waals surface area (Å²) >= 11 is 6.02. The summed E-state index contributed by atoms with van der Waals surface area (Å²) < 4.78 is 71.1. The zero-order valence-electron chi connectivity index (χ0n) is 31.6. The van der Waals surface area contributed by atoms with Gasteiger partial charge in [-0.1, -0.05) is 36.2 Å². The number of carboxylic acids is 1. The van der Waals surface area contributed by atoms with Gasteiger partial charge in [-0.15, -0.1) is 0 Å². The lowest BCUT2D eigenvalue weighted by molar-refractivity contribution is -0.154. The highest BCUT2D eigenvalue weighted by molar-refractivity contribution is 7.89. The molecule has 1 atom stereocenters. The molecule has 3 amide bonds. The molecule has 1 aliphatic heterocycles. The van der Waals surface area contributed by atoms with Gasteiger partial charge in [-0.2, -0.15) is 32.4 Å². The first-order chi connectivity index (χ1) is 28.5. The third kappa shape index (κ3) is 11.6. The lowest BCUT2D eigenvalue weighted by Gasteiger charge is -2.26. The number of sulfonamides is 1. The van der Waals surface area contributed by atoms with E-state index in [2.05, 4.69) is 41.5 Å². The maximum absolute atomic E-state index is 13.0. The highest BCUT2D eigenvalue weighted by atomic mass is 35.5. The molecule has 0 unspecified atom stereocenters. The summed E-state index contributed by atoms with van der Waals surface area (Å²) in [5.74, 6) is -4.68. The monoisotopic (exact) mass is 873 g/mol. The van der Waals surface area contributed by atoms with Crippen molar-refractivity contribution < 1.29 is 50.6 Å². The number of hydrogen-bond donors (Lipinski definition) is 6. The Bertz CT molecular complexity index is 2330. The van der Waals surface area contributed by atoms with Crippen LogP contribution >= 0.6 is 11.6 Å². The molecule has 3 aromatic carbocycles. The summed E-state index contributed by atoms with van der Waals surface area (Å²) in [4.78, 5) is 62.3. The van der Waals surface area contributed by atoms with Crippen molar-refractivity contribution >= 4 is 68.6 Å². The highest BCUT2D eigenvalue weighted by Crippen LogP contribution is 2.48. The highest BCUT2D eigenvalue weighted by Gasteiger charge is 2.45. The van der Waals surface area contributed by atoms with Crippen LogP contribution in [0.5, 0.6) is 6.01 Å². The van der Waals surface area contributed by atoms with Gasteiger partial charge < -0.3 is 36.4 Å². The van der Waals surface area contributed by atoms with E-state index >= 15 is 0 Å². The van der Waals surface area contributed by atoms with Crippen molar-refractivity contribution in [2.24, 2.45) is 0 Å². The summed E-state index contributed by atoms with van der Waals surface area (Å²) in [6.07, 6.45) is -1.18. The molecule has 60 heavy (non-hydrogen) atoms. The van der Waals surface area contributed by atoms with Crippen molar-refractivity contribution in [2.45, 2.75) is 61.2 Å². The number of nitrogens with one attached hydrogen (secondary N) is 5. The van der Waals surface area contributed by atoms with E-state index in [1.54, 1.807) is 12.1 Å². The molecule has 17 nitrogen and oxygen atoms in total. The molecule has 318 valence electrons. The van der Waals surface area contributed by atoms with E-state index in [4.69, 9.17) is 16.3 Å². The number of aliphatic carboxylic acids is 1. The number of halogens is 4. The van der Waals surface area contributed by atoms with Crippen molar-refractivity contribution in [3.8, 4) is 6.01 Å². The minimum absolute atomic E-state index is 0.0330. The van der Waals surface area contributed by atoms with Crippen LogP contribution in [0.15, 0.2) is 77.7 Å². The fourth-order valence-corrected chi connectivity index (χ4v) is 7.88. The number of aromatic nitrogens is 3. The molecule has 22 heteroatoms. The van der Waals surface area contributed by atoms with Crippen molar-refractivity contribution in [3.05, 3.63) is 88.9 Å². The topological polar surface area (TPSA) is 234 Å². The molecule has 4 aromatic rings. The van der Waals surface area contributed by atoms with Gasteiger partial charge in [0.15, 0.2) is 6.61 Å². The summed E-state index contributed by atoms with van der Waals surface area (Å²) in [5, 5.41) is 23.2. The van der Waals surface area contributed by atoms with Crippen molar-refractivity contribution in [1.82, 2.24) is 29.9 Å². The molecule has 1 aliphatic carbocycles. The molecule has 2 fully saturated rings. The second-order valence-electron chi connectivity index (χ2n) is 13.9. The maximum atomic E-state index is 13.0. The largest absolute Gasteiger partial charge is 0.480 e. The lowest BCUT2D eigenvalue weighted by Crippen LogP contribution is -2.44. The Morgan fingerprint density at radius 1 is 0.883 bits per heavy atom. The van der Waals surface area contributed by atoms with Crippen LogP contribution in [-0.2, 0) is 29.9 Å². The number of piperidine rings is 1. The average Bonchev–Trinajstić information content (AvgIpc) is 4.00. The number of carbonyl (C=O) groups excluding carboxylic acids is 3. The predicted octanol–water partition coefficient (Wildman–Crippen LogP) is 4.81. The van der Waals surface area contributed by atoms with Crippen molar-refractivity contribution in [3.63, 3.8) is 0 Å². The fraction of sp³-hybridized carbons (Fsp3) is 0.342. The molecular formula is C38H39ClF3N9O8S. The van der Waals surface area contributed by atoms with Crippen LogP contribution in [0.25, 0.3) is 0 Å². The van der Waals surface area contributed by atoms with Crippen molar-refractivity contribution in [1.29, 1.82) is 0 Å². The first-order valence-electron chi connectivity index (χ1n) is 18.6. The van der Waals surface area contributed by atoms with Gasteiger partial charge in [-0.05, 0) is 92.3 Å². The van der Waals surface area contributed by atoms with Gasteiger partial charge in [-0.25, -0.2) is 13.2 Å². The molecule has 1 saturated carbocycles. The molecule has 0 bridgehead atoms. The van der Waals surface area contributed by atoms with E-state index in [1.165, 1.54) is 52.8 Å². The molecular weight excluding hydrogens is 835 g/mol. The van der Waals surface area contributed by atoms with Gasteiger partial charge in [-0.3, -0.25) is 14.4 Å². The number of benzene rings is 3.